The van der Waals surface area contributed by atoms with Crippen LogP contribution in [0.4, 0.5) is 0 Å². The van der Waals surface area contributed by atoms with Gasteiger partial charge in [0.15, 0.2) is 5.96 Å². The topological polar surface area (TPSA) is 67.8 Å². The number of rotatable bonds is 6. The van der Waals surface area contributed by atoms with Crippen LogP contribution >= 0.6 is 11.3 Å². The molecule has 1 saturated heterocycles. The van der Waals surface area contributed by atoms with Gasteiger partial charge in [-0.2, -0.15) is 0 Å². The van der Waals surface area contributed by atoms with Gasteiger partial charge in [-0.1, -0.05) is 0 Å². The predicted octanol–water partition coefficient (Wildman–Crippen LogP) is 2.01. The Hall–Kier alpha value is -1.18. The van der Waals surface area contributed by atoms with Crippen LogP contribution in [0.1, 0.15) is 35.3 Å². The molecule has 0 radical (unpaired) electrons. The number of nitrogens with one attached hydrogen (secondary N) is 2. The number of thiazole rings is 1. The number of ether oxygens (including phenoxy) is 2. The van der Waals surface area contributed by atoms with Crippen LogP contribution < -0.4 is 10.6 Å². The quantitative estimate of drug-likeness (QED) is 0.612. The molecular formula is C16H28N4O2S. The van der Waals surface area contributed by atoms with E-state index in [1.54, 1.807) is 18.4 Å². The lowest BCUT2D eigenvalue weighted by molar-refractivity contribution is -0.0855. The Bertz CT molecular complexity index is 505. The van der Waals surface area contributed by atoms with Crippen LogP contribution in [0, 0.1) is 13.8 Å². The van der Waals surface area contributed by atoms with E-state index in [0.29, 0.717) is 6.54 Å². The number of guanidine groups is 1. The lowest BCUT2D eigenvalue weighted by Crippen LogP contribution is -2.50. The number of aliphatic imine (C=N–C) groups is 1. The van der Waals surface area contributed by atoms with Crippen molar-refractivity contribution < 1.29 is 9.47 Å². The molecule has 0 bridgehead atoms. The molecule has 1 fully saturated rings. The molecule has 0 aromatic carbocycles. The molecule has 0 atom stereocenters. The number of aryl methyl sites for hydroxylation is 2. The fraction of sp³-hybridized carbons (Fsp3) is 0.750. The molecule has 2 N–H and O–H groups in total. The molecule has 7 heteroatoms. The second-order valence-electron chi connectivity index (χ2n) is 5.80. The smallest absolute Gasteiger partial charge is 0.191 e. The average molecular weight is 340 g/mol. The van der Waals surface area contributed by atoms with Gasteiger partial charge in [0, 0.05) is 51.1 Å². The molecular weight excluding hydrogens is 312 g/mol. The number of methoxy groups -OCH3 is 1. The Morgan fingerprint density at radius 2 is 2.09 bits per heavy atom. The Morgan fingerprint density at radius 3 is 2.65 bits per heavy atom. The minimum absolute atomic E-state index is 0.164. The summed E-state index contributed by atoms with van der Waals surface area (Å²) in [6, 6.07) is 0. The number of hydrogen-bond donors (Lipinski definition) is 2. The molecule has 0 unspecified atom stereocenters. The highest BCUT2D eigenvalue weighted by atomic mass is 32.1. The monoisotopic (exact) mass is 340 g/mol. The molecule has 6 nitrogen and oxygen atoms in total. The van der Waals surface area contributed by atoms with E-state index in [1.807, 2.05) is 6.92 Å². The summed E-state index contributed by atoms with van der Waals surface area (Å²) < 4.78 is 11.2. The molecule has 1 aliphatic heterocycles. The van der Waals surface area contributed by atoms with Gasteiger partial charge in [0.25, 0.3) is 0 Å². The van der Waals surface area contributed by atoms with E-state index in [9.17, 15) is 0 Å². The van der Waals surface area contributed by atoms with E-state index in [2.05, 4.69) is 34.5 Å². The molecule has 0 aliphatic carbocycles. The largest absolute Gasteiger partial charge is 0.381 e. The molecule has 0 amide bonds. The fourth-order valence-electron chi connectivity index (χ4n) is 2.54. The molecule has 130 valence electrons. The highest BCUT2D eigenvalue weighted by molar-refractivity contribution is 7.11. The second-order valence-corrected chi connectivity index (χ2v) is 7.09. The van der Waals surface area contributed by atoms with E-state index in [4.69, 9.17) is 9.47 Å². The van der Waals surface area contributed by atoms with Crippen LogP contribution in [-0.2, 0) is 16.0 Å². The van der Waals surface area contributed by atoms with Crippen molar-refractivity contribution in [3.63, 3.8) is 0 Å². The van der Waals surface area contributed by atoms with Crippen molar-refractivity contribution in [3.05, 3.63) is 15.6 Å². The number of hydrogen-bond acceptors (Lipinski definition) is 5. The summed E-state index contributed by atoms with van der Waals surface area (Å²) in [4.78, 5) is 10.4. The molecule has 2 heterocycles. The van der Waals surface area contributed by atoms with Crippen molar-refractivity contribution >= 4 is 17.3 Å². The maximum Gasteiger partial charge on any atom is 0.191 e. The number of aromatic nitrogens is 1. The van der Waals surface area contributed by atoms with Crippen LogP contribution in [0.5, 0.6) is 0 Å². The van der Waals surface area contributed by atoms with E-state index >= 15 is 0 Å². The van der Waals surface area contributed by atoms with Gasteiger partial charge < -0.3 is 20.1 Å². The first-order valence-corrected chi connectivity index (χ1v) is 8.98. The standard InChI is InChI=1S/C16H28N4O2S/c1-5-17-15(18-10-14-20-12(2)13(3)23-14)19-11-16(21-4)6-8-22-9-7-16/h5-11H2,1-4H3,(H2,17,18,19). The van der Waals surface area contributed by atoms with Crippen molar-refractivity contribution in [2.45, 2.75) is 45.8 Å². The van der Waals surface area contributed by atoms with Gasteiger partial charge in [-0.15, -0.1) is 11.3 Å². The van der Waals surface area contributed by atoms with Crippen molar-refractivity contribution in [2.75, 3.05) is 33.4 Å². The zero-order valence-corrected chi connectivity index (χ0v) is 15.4. The maximum absolute atomic E-state index is 5.75. The zero-order valence-electron chi connectivity index (χ0n) is 14.6. The molecule has 1 aromatic heterocycles. The van der Waals surface area contributed by atoms with E-state index in [1.165, 1.54) is 4.88 Å². The fourth-order valence-corrected chi connectivity index (χ4v) is 3.39. The first-order chi connectivity index (χ1) is 11.1. The van der Waals surface area contributed by atoms with Crippen LogP contribution in [0.2, 0.25) is 0 Å². The summed E-state index contributed by atoms with van der Waals surface area (Å²) in [5.74, 6) is 0.806. The minimum Gasteiger partial charge on any atom is -0.381 e. The van der Waals surface area contributed by atoms with Gasteiger partial charge in [-0.25, -0.2) is 9.98 Å². The Labute approximate surface area is 142 Å². The van der Waals surface area contributed by atoms with Gasteiger partial charge in [-0.3, -0.25) is 0 Å². The van der Waals surface area contributed by atoms with E-state index in [-0.39, 0.29) is 5.60 Å². The third-order valence-electron chi connectivity index (χ3n) is 4.20. The Balaban J connectivity index is 1.95. The molecule has 23 heavy (non-hydrogen) atoms. The Morgan fingerprint density at radius 1 is 1.35 bits per heavy atom. The SMILES string of the molecule is CCNC(=NCc1nc(C)c(C)s1)NCC1(OC)CCOCC1. The van der Waals surface area contributed by atoms with E-state index < -0.39 is 0 Å². The van der Waals surface area contributed by atoms with E-state index in [0.717, 1.165) is 55.8 Å². The lowest BCUT2D eigenvalue weighted by Gasteiger charge is -2.36. The van der Waals surface area contributed by atoms with Crippen LogP contribution in [-0.4, -0.2) is 50.0 Å². The minimum atomic E-state index is -0.164. The molecule has 1 aliphatic rings. The zero-order chi connectivity index (χ0) is 16.7. The normalized spacial score (nSPS) is 18.0. The molecule has 0 saturated carbocycles. The van der Waals surface area contributed by atoms with Crippen molar-refractivity contribution in [1.82, 2.24) is 15.6 Å². The van der Waals surface area contributed by atoms with Gasteiger partial charge >= 0.3 is 0 Å². The third-order valence-corrected chi connectivity index (χ3v) is 5.26. The Kier molecular flexibility index (Phi) is 6.80. The average Bonchev–Trinajstić information content (AvgIpc) is 2.89. The maximum atomic E-state index is 5.75. The number of nitrogens with zero attached hydrogens (tertiary/aromatic N) is 2. The molecule has 0 spiro atoms. The third kappa shape index (κ3) is 5.16. The summed E-state index contributed by atoms with van der Waals surface area (Å²) in [6.45, 7) is 9.85. The first-order valence-electron chi connectivity index (χ1n) is 8.16. The van der Waals surface area contributed by atoms with Crippen molar-refractivity contribution in [2.24, 2.45) is 4.99 Å². The van der Waals surface area contributed by atoms with Crippen molar-refractivity contribution in [3.8, 4) is 0 Å². The van der Waals surface area contributed by atoms with Gasteiger partial charge in [-0.05, 0) is 20.8 Å². The van der Waals surface area contributed by atoms with Crippen LogP contribution in [0.15, 0.2) is 4.99 Å². The predicted molar refractivity (Wildman–Crippen MR) is 94.2 cm³/mol. The van der Waals surface area contributed by atoms with Crippen LogP contribution in [0.25, 0.3) is 0 Å². The van der Waals surface area contributed by atoms with Gasteiger partial charge in [0.1, 0.15) is 5.01 Å². The highest BCUT2D eigenvalue weighted by Gasteiger charge is 2.32. The summed E-state index contributed by atoms with van der Waals surface area (Å²) in [5, 5.41) is 7.74. The summed E-state index contributed by atoms with van der Waals surface area (Å²) in [6.07, 6.45) is 1.81. The van der Waals surface area contributed by atoms with Gasteiger partial charge in [0.2, 0.25) is 0 Å². The summed E-state index contributed by atoms with van der Waals surface area (Å²) >= 11 is 1.71. The van der Waals surface area contributed by atoms with Crippen LogP contribution in [0.3, 0.4) is 0 Å². The second kappa shape index (κ2) is 8.61. The lowest BCUT2D eigenvalue weighted by atomic mass is 9.94. The molecule has 1 aromatic rings. The summed E-state index contributed by atoms with van der Waals surface area (Å²) in [7, 11) is 1.78. The summed E-state index contributed by atoms with van der Waals surface area (Å²) in [5.41, 5.74) is 0.932. The highest BCUT2D eigenvalue weighted by Crippen LogP contribution is 2.23. The molecule has 2 rings (SSSR count). The van der Waals surface area contributed by atoms with Crippen molar-refractivity contribution in [1.29, 1.82) is 0 Å². The first kappa shape index (κ1) is 18.2. The van der Waals surface area contributed by atoms with Gasteiger partial charge in [0.05, 0.1) is 17.8 Å².